The molecule has 3 aliphatic rings. The first kappa shape index (κ1) is 20.7. The van der Waals surface area contributed by atoms with E-state index in [9.17, 15) is 0 Å². The lowest BCUT2D eigenvalue weighted by Crippen LogP contribution is -2.42. The molecule has 7 heteroatoms. The fraction of sp³-hybridized carbons (Fsp3) is 0.818. The summed E-state index contributed by atoms with van der Waals surface area (Å²) in [6.45, 7) is 15.1. The maximum absolute atomic E-state index is 5.75. The van der Waals surface area contributed by atoms with E-state index >= 15 is 0 Å². The van der Waals surface area contributed by atoms with Crippen molar-refractivity contribution in [2.24, 2.45) is 16.3 Å². The number of guanidine groups is 1. The van der Waals surface area contributed by atoms with Gasteiger partial charge in [-0.1, -0.05) is 0 Å². The molecule has 0 amide bonds. The highest BCUT2D eigenvalue weighted by Crippen LogP contribution is 2.38. The van der Waals surface area contributed by atoms with Gasteiger partial charge in [-0.25, -0.2) is 4.98 Å². The predicted molar refractivity (Wildman–Crippen MR) is 114 cm³/mol. The lowest BCUT2D eigenvalue weighted by atomic mass is 9.87. The van der Waals surface area contributed by atoms with Gasteiger partial charge in [-0.3, -0.25) is 9.89 Å². The van der Waals surface area contributed by atoms with Gasteiger partial charge in [0.15, 0.2) is 5.96 Å². The van der Waals surface area contributed by atoms with Gasteiger partial charge in [0.1, 0.15) is 5.76 Å². The van der Waals surface area contributed by atoms with Gasteiger partial charge in [-0.2, -0.15) is 0 Å². The van der Waals surface area contributed by atoms with Gasteiger partial charge in [-0.15, -0.1) is 0 Å². The Morgan fingerprint density at radius 1 is 1.24 bits per heavy atom. The van der Waals surface area contributed by atoms with Crippen LogP contribution in [0.25, 0.3) is 0 Å². The number of likely N-dealkylation sites (tertiary alicyclic amines) is 2. The topological polar surface area (TPSA) is 66.1 Å². The third kappa shape index (κ3) is 4.94. The summed E-state index contributed by atoms with van der Waals surface area (Å²) in [5, 5.41) is 3.52. The Labute approximate surface area is 174 Å². The molecule has 1 aromatic rings. The summed E-state index contributed by atoms with van der Waals surface area (Å²) < 4.78 is 11.4. The van der Waals surface area contributed by atoms with Gasteiger partial charge >= 0.3 is 0 Å². The van der Waals surface area contributed by atoms with Crippen LogP contribution in [0.1, 0.15) is 50.0 Å². The highest BCUT2D eigenvalue weighted by atomic mass is 16.5. The van der Waals surface area contributed by atoms with Gasteiger partial charge in [0.05, 0.1) is 18.8 Å². The van der Waals surface area contributed by atoms with Crippen LogP contribution in [0.4, 0.5) is 0 Å². The average molecular weight is 404 g/mol. The first-order valence-corrected chi connectivity index (χ1v) is 11.3. The van der Waals surface area contributed by atoms with Crippen molar-refractivity contribution in [3.63, 3.8) is 0 Å². The Balaban J connectivity index is 1.26. The summed E-state index contributed by atoms with van der Waals surface area (Å²) in [6.07, 6.45) is 4.82. The molecule has 0 aliphatic carbocycles. The lowest BCUT2D eigenvalue weighted by Gasteiger charge is -2.31. The molecule has 162 valence electrons. The molecular formula is C22H37N5O2. The highest BCUT2D eigenvalue weighted by Gasteiger charge is 2.42. The molecule has 0 aromatic carbocycles. The molecule has 1 atom stereocenters. The van der Waals surface area contributed by atoms with E-state index in [0.717, 1.165) is 82.3 Å². The first-order valence-electron chi connectivity index (χ1n) is 11.3. The largest absolute Gasteiger partial charge is 0.444 e. The maximum atomic E-state index is 5.75. The molecule has 3 aliphatic heterocycles. The zero-order chi connectivity index (χ0) is 20.3. The number of rotatable bonds is 5. The van der Waals surface area contributed by atoms with Crippen molar-refractivity contribution in [3.05, 3.63) is 17.3 Å². The quantitative estimate of drug-likeness (QED) is 0.602. The second-order valence-electron chi connectivity index (χ2n) is 9.14. The van der Waals surface area contributed by atoms with Crippen LogP contribution in [0.5, 0.6) is 0 Å². The fourth-order valence-corrected chi connectivity index (χ4v) is 4.85. The van der Waals surface area contributed by atoms with Gasteiger partial charge < -0.3 is 19.4 Å². The van der Waals surface area contributed by atoms with E-state index in [-0.39, 0.29) is 0 Å². The van der Waals surface area contributed by atoms with E-state index in [0.29, 0.717) is 11.3 Å². The van der Waals surface area contributed by atoms with Crippen LogP contribution in [0.2, 0.25) is 0 Å². The minimum Gasteiger partial charge on any atom is -0.444 e. The summed E-state index contributed by atoms with van der Waals surface area (Å²) in [4.78, 5) is 14.5. The molecule has 7 nitrogen and oxygen atoms in total. The zero-order valence-corrected chi connectivity index (χ0v) is 18.4. The minimum atomic E-state index is 0.373. The molecular weight excluding hydrogens is 366 g/mol. The number of aliphatic imine (C=N–C) groups is 1. The number of nitrogens with zero attached hydrogens (tertiary/aromatic N) is 4. The van der Waals surface area contributed by atoms with E-state index in [2.05, 4.69) is 27.0 Å². The van der Waals surface area contributed by atoms with Crippen LogP contribution in [-0.4, -0.2) is 73.2 Å². The Morgan fingerprint density at radius 2 is 2.07 bits per heavy atom. The summed E-state index contributed by atoms with van der Waals surface area (Å²) in [6, 6.07) is 0. The van der Waals surface area contributed by atoms with Crippen LogP contribution < -0.4 is 5.32 Å². The number of aromatic nitrogens is 1. The Bertz CT molecular complexity index is 683. The van der Waals surface area contributed by atoms with Crippen LogP contribution in [0.3, 0.4) is 0 Å². The number of piperidine rings is 1. The standard InChI is InChI=1S/C22H37N5O2/c1-4-23-21(27-11-7-22(15-27)8-12-28-16-22)24-13-19-5-9-26(10-6-19)14-20-25-17(2)18(3)29-20/h19H,4-16H2,1-3H3,(H,23,24). The van der Waals surface area contributed by atoms with E-state index in [1.165, 1.54) is 25.7 Å². The normalized spacial score (nSPS) is 26.7. The van der Waals surface area contributed by atoms with E-state index < -0.39 is 0 Å². The van der Waals surface area contributed by atoms with Crippen molar-refractivity contribution in [3.8, 4) is 0 Å². The Morgan fingerprint density at radius 3 is 2.72 bits per heavy atom. The summed E-state index contributed by atoms with van der Waals surface area (Å²) in [7, 11) is 0. The third-order valence-electron chi connectivity index (χ3n) is 6.90. The summed E-state index contributed by atoms with van der Waals surface area (Å²) >= 11 is 0. The lowest BCUT2D eigenvalue weighted by molar-refractivity contribution is 0.156. The van der Waals surface area contributed by atoms with E-state index in [4.69, 9.17) is 14.1 Å². The molecule has 4 heterocycles. The molecule has 0 saturated carbocycles. The van der Waals surface area contributed by atoms with Crippen molar-refractivity contribution in [1.82, 2.24) is 20.1 Å². The maximum Gasteiger partial charge on any atom is 0.208 e. The molecule has 1 spiro atoms. The molecule has 1 N–H and O–H groups in total. The number of hydrogen-bond donors (Lipinski definition) is 1. The number of aryl methyl sites for hydroxylation is 2. The van der Waals surface area contributed by atoms with Gasteiger partial charge in [0, 0.05) is 38.2 Å². The smallest absolute Gasteiger partial charge is 0.208 e. The summed E-state index contributed by atoms with van der Waals surface area (Å²) in [5.74, 6) is 3.56. The second-order valence-corrected chi connectivity index (χ2v) is 9.14. The van der Waals surface area contributed by atoms with Gasteiger partial charge in [-0.05, 0) is 65.5 Å². The van der Waals surface area contributed by atoms with Gasteiger partial charge in [0.2, 0.25) is 5.89 Å². The minimum absolute atomic E-state index is 0.373. The predicted octanol–water partition coefficient (Wildman–Crippen LogP) is 2.58. The van der Waals surface area contributed by atoms with E-state index in [1.807, 2.05) is 13.8 Å². The van der Waals surface area contributed by atoms with Crippen molar-refractivity contribution >= 4 is 5.96 Å². The molecule has 3 saturated heterocycles. The Hall–Kier alpha value is -1.60. The van der Waals surface area contributed by atoms with Crippen LogP contribution in [0.15, 0.2) is 9.41 Å². The van der Waals surface area contributed by atoms with Crippen molar-refractivity contribution < 1.29 is 9.15 Å². The summed E-state index contributed by atoms with van der Waals surface area (Å²) in [5.41, 5.74) is 1.38. The molecule has 1 aromatic heterocycles. The molecule has 0 radical (unpaired) electrons. The van der Waals surface area contributed by atoms with Crippen LogP contribution in [-0.2, 0) is 11.3 Å². The number of hydrogen-bond acceptors (Lipinski definition) is 5. The molecule has 4 rings (SSSR count). The molecule has 0 bridgehead atoms. The highest BCUT2D eigenvalue weighted by molar-refractivity contribution is 5.80. The molecule has 3 fully saturated rings. The van der Waals surface area contributed by atoms with Crippen molar-refractivity contribution in [2.45, 2.75) is 53.0 Å². The molecule has 29 heavy (non-hydrogen) atoms. The zero-order valence-electron chi connectivity index (χ0n) is 18.4. The van der Waals surface area contributed by atoms with Gasteiger partial charge in [0.25, 0.3) is 0 Å². The number of oxazole rings is 1. The SMILES string of the molecule is CCNC(=NCC1CCN(Cc2nc(C)c(C)o2)CC1)N1CCC2(CCOC2)C1. The monoisotopic (exact) mass is 403 g/mol. The van der Waals surface area contributed by atoms with Crippen LogP contribution in [0, 0.1) is 25.2 Å². The fourth-order valence-electron chi connectivity index (χ4n) is 4.85. The van der Waals surface area contributed by atoms with Crippen LogP contribution >= 0.6 is 0 Å². The third-order valence-corrected chi connectivity index (χ3v) is 6.90. The Kier molecular flexibility index (Phi) is 6.44. The number of ether oxygens (including phenoxy) is 1. The van der Waals surface area contributed by atoms with Crippen molar-refractivity contribution in [2.75, 3.05) is 52.5 Å². The van der Waals surface area contributed by atoms with Crippen molar-refractivity contribution in [1.29, 1.82) is 0 Å². The van der Waals surface area contributed by atoms with E-state index in [1.54, 1.807) is 0 Å². The average Bonchev–Trinajstić information content (AvgIpc) is 3.43. The second kappa shape index (κ2) is 9.04. The molecule has 1 unspecified atom stereocenters. The first-order chi connectivity index (χ1) is 14.1. The number of nitrogens with one attached hydrogen (secondary N) is 1.